The molecule has 0 fully saturated rings. The second kappa shape index (κ2) is 6.49. The molecule has 2 aromatic heterocycles. The number of ether oxygens (including phenoxy) is 1. The summed E-state index contributed by atoms with van der Waals surface area (Å²) in [7, 11) is 1.54. The molecule has 124 valence electrons. The monoisotopic (exact) mass is 344 g/mol. The maximum Gasteiger partial charge on any atom is 0.274 e. The molecule has 0 unspecified atom stereocenters. The predicted octanol–water partition coefficient (Wildman–Crippen LogP) is 3.77. The summed E-state index contributed by atoms with van der Waals surface area (Å²) in [6.07, 6.45) is 1.67. The van der Waals surface area contributed by atoms with E-state index in [1.807, 2.05) is 13.8 Å². The molecule has 3 rings (SSSR count). The highest BCUT2D eigenvalue weighted by Gasteiger charge is 2.15. The number of carbonyl (C=O) groups is 1. The Morgan fingerprint density at radius 2 is 2.08 bits per heavy atom. The average Bonchev–Trinajstić information content (AvgIpc) is 3.02. The number of amides is 1. The van der Waals surface area contributed by atoms with Gasteiger partial charge in [-0.2, -0.15) is 5.10 Å². The SMILES string of the molecule is COc1ccc(NC(=O)c2cc(C(C)C)n3nccc3n2)cc1Cl. The minimum absolute atomic E-state index is 0.206. The number of hydrogen-bond donors (Lipinski definition) is 1. The number of fused-ring (bicyclic) bond motifs is 1. The van der Waals surface area contributed by atoms with Crippen LogP contribution in [0.5, 0.6) is 5.75 Å². The van der Waals surface area contributed by atoms with Crippen LogP contribution in [0.2, 0.25) is 5.02 Å². The van der Waals surface area contributed by atoms with Gasteiger partial charge in [-0.3, -0.25) is 4.79 Å². The smallest absolute Gasteiger partial charge is 0.274 e. The lowest BCUT2D eigenvalue weighted by atomic mass is 10.1. The fraction of sp³-hybridized carbons (Fsp3) is 0.235. The quantitative estimate of drug-likeness (QED) is 0.782. The van der Waals surface area contributed by atoms with Crippen molar-refractivity contribution in [3.05, 3.63) is 52.9 Å². The third-order valence-corrected chi connectivity index (χ3v) is 3.92. The van der Waals surface area contributed by atoms with Crippen LogP contribution in [0.25, 0.3) is 5.65 Å². The average molecular weight is 345 g/mol. The Bertz CT molecular complexity index is 905. The Balaban J connectivity index is 1.92. The molecule has 1 N–H and O–H groups in total. The van der Waals surface area contributed by atoms with E-state index in [9.17, 15) is 4.79 Å². The highest BCUT2D eigenvalue weighted by Crippen LogP contribution is 2.27. The van der Waals surface area contributed by atoms with Crippen LogP contribution in [0.4, 0.5) is 5.69 Å². The molecule has 0 saturated carbocycles. The number of nitrogens with zero attached hydrogens (tertiary/aromatic N) is 3. The van der Waals surface area contributed by atoms with Crippen LogP contribution in [-0.2, 0) is 0 Å². The summed E-state index contributed by atoms with van der Waals surface area (Å²) >= 11 is 6.09. The van der Waals surface area contributed by atoms with Crippen molar-refractivity contribution in [2.45, 2.75) is 19.8 Å². The predicted molar refractivity (Wildman–Crippen MR) is 93.0 cm³/mol. The van der Waals surface area contributed by atoms with Crippen LogP contribution in [0.1, 0.15) is 35.9 Å². The standard InChI is InChI=1S/C17H17ClN4O2/c1-10(2)14-9-13(21-16-6-7-19-22(14)16)17(23)20-11-4-5-15(24-3)12(18)8-11/h4-10H,1-3H3,(H,20,23). The molecule has 0 saturated heterocycles. The van der Waals surface area contributed by atoms with E-state index < -0.39 is 0 Å². The maximum atomic E-state index is 12.5. The minimum Gasteiger partial charge on any atom is -0.495 e. The Kier molecular flexibility index (Phi) is 4.40. The Labute approximate surface area is 144 Å². The van der Waals surface area contributed by atoms with Crippen molar-refractivity contribution in [1.82, 2.24) is 14.6 Å². The second-order valence-electron chi connectivity index (χ2n) is 5.63. The first-order valence-corrected chi connectivity index (χ1v) is 7.87. The van der Waals surface area contributed by atoms with Gasteiger partial charge in [-0.05, 0) is 30.2 Å². The molecule has 2 heterocycles. The number of hydrogen-bond acceptors (Lipinski definition) is 4. The second-order valence-corrected chi connectivity index (χ2v) is 6.03. The first-order chi connectivity index (χ1) is 11.5. The van der Waals surface area contributed by atoms with Crippen LogP contribution in [0, 0.1) is 0 Å². The van der Waals surface area contributed by atoms with Crippen molar-refractivity contribution in [3.8, 4) is 5.75 Å². The van der Waals surface area contributed by atoms with Gasteiger partial charge < -0.3 is 10.1 Å². The van der Waals surface area contributed by atoms with Gasteiger partial charge in [-0.1, -0.05) is 25.4 Å². The van der Waals surface area contributed by atoms with Crippen LogP contribution < -0.4 is 10.1 Å². The van der Waals surface area contributed by atoms with Crippen molar-refractivity contribution >= 4 is 28.8 Å². The van der Waals surface area contributed by atoms with E-state index in [1.165, 1.54) is 7.11 Å². The van der Waals surface area contributed by atoms with Gasteiger partial charge in [0.05, 0.1) is 18.3 Å². The van der Waals surface area contributed by atoms with Crippen LogP contribution in [0.3, 0.4) is 0 Å². The van der Waals surface area contributed by atoms with E-state index in [-0.39, 0.29) is 11.8 Å². The van der Waals surface area contributed by atoms with Crippen molar-refractivity contribution in [1.29, 1.82) is 0 Å². The van der Waals surface area contributed by atoms with Gasteiger partial charge in [0.25, 0.3) is 5.91 Å². The number of anilines is 1. The zero-order valence-corrected chi connectivity index (χ0v) is 14.3. The Hall–Kier alpha value is -2.60. The largest absolute Gasteiger partial charge is 0.495 e. The molecule has 7 heteroatoms. The van der Waals surface area contributed by atoms with Crippen molar-refractivity contribution in [2.24, 2.45) is 0 Å². The number of carbonyl (C=O) groups excluding carboxylic acids is 1. The lowest BCUT2D eigenvalue weighted by Crippen LogP contribution is -2.16. The summed E-state index contributed by atoms with van der Waals surface area (Å²) in [5, 5.41) is 7.48. The molecule has 6 nitrogen and oxygen atoms in total. The Morgan fingerprint density at radius 3 is 2.75 bits per heavy atom. The molecular formula is C17H17ClN4O2. The fourth-order valence-corrected chi connectivity index (χ4v) is 2.66. The molecule has 24 heavy (non-hydrogen) atoms. The maximum absolute atomic E-state index is 12.5. The molecule has 3 aromatic rings. The first-order valence-electron chi connectivity index (χ1n) is 7.49. The van der Waals surface area contributed by atoms with Gasteiger partial charge in [-0.25, -0.2) is 9.50 Å². The van der Waals surface area contributed by atoms with Crippen LogP contribution in [-0.4, -0.2) is 27.6 Å². The van der Waals surface area contributed by atoms with E-state index in [0.29, 0.717) is 27.8 Å². The summed E-state index contributed by atoms with van der Waals surface area (Å²) in [5.74, 6) is 0.453. The highest BCUT2D eigenvalue weighted by atomic mass is 35.5. The molecule has 0 aliphatic rings. The van der Waals surface area contributed by atoms with Crippen LogP contribution >= 0.6 is 11.6 Å². The van der Waals surface area contributed by atoms with Gasteiger partial charge in [0.2, 0.25) is 0 Å². The molecule has 1 amide bonds. The molecular weight excluding hydrogens is 328 g/mol. The lowest BCUT2D eigenvalue weighted by Gasteiger charge is -2.11. The van der Waals surface area contributed by atoms with Gasteiger partial charge in [0.15, 0.2) is 5.65 Å². The summed E-state index contributed by atoms with van der Waals surface area (Å²) in [5.41, 5.74) is 2.47. The number of methoxy groups -OCH3 is 1. The number of nitrogens with one attached hydrogen (secondary N) is 1. The zero-order valence-electron chi connectivity index (χ0n) is 13.6. The van der Waals surface area contributed by atoms with Crippen LogP contribution in [0.15, 0.2) is 36.5 Å². The number of halogens is 1. The number of aromatic nitrogens is 3. The van der Waals surface area contributed by atoms with E-state index >= 15 is 0 Å². The molecule has 1 aromatic carbocycles. The molecule has 0 radical (unpaired) electrons. The van der Waals surface area contributed by atoms with Crippen molar-refractivity contribution in [3.63, 3.8) is 0 Å². The normalized spacial score (nSPS) is 11.0. The lowest BCUT2D eigenvalue weighted by molar-refractivity contribution is 0.102. The first kappa shape index (κ1) is 16.3. The summed E-state index contributed by atoms with van der Waals surface area (Å²) in [6.45, 7) is 4.09. The molecule has 0 aliphatic heterocycles. The van der Waals surface area contributed by atoms with Gasteiger partial charge >= 0.3 is 0 Å². The fourth-order valence-electron chi connectivity index (χ4n) is 2.40. The third kappa shape index (κ3) is 3.05. The Morgan fingerprint density at radius 1 is 1.29 bits per heavy atom. The summed E-state index contributed by atoms with van der Waals surface area (Å²) in [6, 6.07) is 8.59. The molecule has 0 bridgehead atoms. The van der Waals surface area contributed by atoms with E-state index in [4.69, 9.17) is 16.3 Å². The highest BCUT2D eigenvalue weighted by molar-refractivity contribution is 6.32. The third-order valence-electron chi connectivity index (χ3n) is 3.62. The number of rotatable bonds is 4. The topological polar surface area (TPSA) is 68.5 Å². The van der Waals surface area contributed by atoms with E-state index in [0.717, 1.165) is 5.69 Å². The molecule has 0 spiro atoms. The van der Waals surface area contributed by atoms with E-state index in [1.54, 1.807) is 41.0 Å². The minimum atomic E-state index is -0.304. The van der Waals surface area contributed by atoms with Crippen molar-refractivity contribution in [2.75, 3.05) is 12.4 Å². The molecule has 0 atom stereocenters. The van der Waals surface area contributed by atoms with Gasteiger partial charge in [0, 0.05) is 17.4 Å². The van der Waals surface area contributed by atoms with Gasteiger partial charge in [0.1, 0.15) is 11.4 Å². The van der Waals surface area contributed by atoms with E-state index in [2.05, 4.69) is 15.4 Å². The number of benzene rings is 1. The van der Waals surface area contributed by atoms with Crippen molar-refractivity contribution < 1.29 is 9.53 Å². The summed E-state index contributed by atoms with van der Waals surface area (Å²) < 4.78 is 6.85. The zero-order chi connectivity index (χ0) is 17.3. The van der Waals surface area contributed by atoms with Gasteiger partial charge in [-0.15, -0.1) is 0 Å². The molecule has 0 aliphatic carbocycles. The summed E-state index contributed by atoms with van der Waals surface area (Å²) in [4.78, 5) is 16.9.